The van der Waals surface area contributed by atoms with Gasteiger partial charge in [0.05, 0.1) is 17.7 Å². The van der Waals surface area contributed by atoms with Crippen LogP contribution in [0.25, 0.3) is 0 Å². The van der Waals surface area contributed by atoms with Gasteiger partial charge in [0.25, 0.3) is 0 Å². The number of rotatable bonds is 6. The second-order valence-electron chi connectivity index (χ2n) is 4.78. The van der Waals surface area contributed by atoms with Crippen LogP contribution in [0.2, 0.25) is 0 Å². The van der Waals surface area contributed by atoms with Crippen LogP contribution in [0.1, 0.15) is 39.0 Å². The Morgan fingerprint density at radius 3 is 2.68 bits per heavy atom. The molecule has 1 rings (SSSR count). The zero-order valence-electron chi connectivity index (χ0n) is 11.4. The first-order valence-electron chi connectivity index (χ1n) is 6.20. The Balaban J connectivity index is 2.46. The van der Waals surface area contributed by atoms with E-state index < -0.39 is 17.4 Å². The number of hydrogen-bond acceptors (Lipinski definition) is 3. The van der Waals surface area contributed by atoms with E-state index in [1.54, 1.807) is 32.9 Å². The van der Waals surface area contributed by atoms with Gasteiger partial charge in [0.15, 0.2) is 0 Å². The summed E-state index contributed by atoms with van der Waals surface area (Å²) >= 11 is 0. The summed E-state index contributed by atoms with van der Waals surface area (Å²) in [6.07, 6.45) is 1.97. The van der Waals surface area contributed by atoms with Crippen LogP contribution >= 0.6 is 0 Å². The smallest absolute Gasteiger partial charge is 0.315 e. The summed E-state index contributed by atoms with van der Waals surface area (Å²) in [5.74, 6) is -0.277. The van der Waals surface area contributed by atoms with Crippen molar-refractivity contribution in [3.05, 3.63) is 24.2 Å². The van der Waals surface area contributed by atoms with E-state index in [1.165, 1.54) is 6.26 Å². The van der Waals surface area contributed by atoms with E-state index in [4.69, 9.17) is 9.52 Å². The first-order chi connectivity index (χ1) is 8.89. The quantitative estimate of drug-likeness (QED) is 0.737. The molecule has 106 valence electrons. The average Bonchev–Trinajstić information content (AvgIpc) is 2.89. The number of carbonyl (C=O) groups excluding carboxylic acids is 1. The van der Waals surface area contributed by atoms with Crippen molar-refractivity contribution in [2.24, 2.45) is 5.41 Å². The fourth-order valence-corrected chi connectivity index (χ4v) is 1.48. The van der Waals surface area contributed by atoms with Gasteiger partial charge in [-0.1, -0.05) is 6.92 Å². The summed E-state index contributed by atoms with van der Waals surface area (Å²) in [5.41, 5.74) is -0.953. The highest BCUT2D eigenvalue weighted by atomic mass is 16.4. The average molecular weight is 268 g/mol. The normalized spacial score (nSPS) is 15.3. The fraction of sp³-hybridized carbons (Fsp3) is 0.538. The molecule has 2 atom stereocenters. The molecule has 1 aromatic rings. The molecule has 0 aliphatic carbocycles. The summed E-state index contributed by atoms with van der Waals surface area (Å²) in [6.45, 7) is 5.24. The molecular formula is C13H20N2O4. The molecule has 0 aliphatic rings. The van der Waals surface area contributed by atoms with Crippen LogP contribution in [-0.4, -0.2) is 23.7 Å². The highest BCUT2D eigenvalue weighted by Crippen LogP contribution is 2.20. The minimum atomic E-state index is -0.953. The van der Waals surface area contributed by atoms with Crippen LogP contribution in [0.3, 0.4) is 0 Å². The molecule has 6 nitrogen and oxygen atoms in total. The number of carbonyl (C=O) groups is 2. The molecule has 1 aromatic heterocycles. The van der Waals surface area contributed by atoms with Gasteiger partial charge < -0.3 is 20.2 Å². The van der Waals surface area contributed by atoms with Crippen molar-refractivity contribution in [3.63, 3.8) is 0 Å². The number of urea groups is 1. The van der Waals surface area contributed by atoms with Gasteiger partial charge in [0.1, 0.15) is 5.76 Å². The van der Waals surface area contributed by atoms with E-state index in [2.05, 4.69) is 10.6 Å². The molecule has 1 heterocycles. The van der Waals surface area contributed by atoms with Crippen LogP contribution in [0.15, 0.2) is 22.8 Å². The number of amides is 2. The van der Waals surface area contributed by atoms with Crippen molar-refractivity contribution < 1.29 is 19.1 Å². The van der Waals surface area contributed by atoms with Crippen LogP contribution in [-0.2, 0) is 4.79 Å². The zero-order chi connectivity index (χ0) is 14.5. The molecule has 0 spiro atoms. The molecule has 0 fully saturated rings. The van der Waals surface area contributed by atoms with Crippen molar-refractivity contribution >= 4 is 12.0 Å². The van der Waals surface area contributed by atoms with Gasteiger partial charge in [0.2, 0.25) is 0 Å². The summed E-state index contributed by atoms with van der Waals surface area (Å²) in [4.78, 5) is 22.8. The summed E-state index contributed by atoms with van der Waals surface area (Å²) in [5, 5.41) is 14.3. The molecule has 0 saturated heterocycles. The number of hydrogen-bond donors (Lipinski definition) is 3. The molecular weight excluding hydrogens is 248 g/mol. The van der Waals surface area contributed by atoms with Gasteiger partial charge in [-0.05, 0) is 32.4 Å². The van der Waals surface area contributed by atoms with E-state index in [0.717, 1.165) is 0 Å². The minimum Gasteiger partial charge on any atom is -0.481 e. The Morgan fingerprint density at radius 2 is 2.21 bits per heavy atom. The van der Waals surface area contributed by atoms with Crippen molar-refractivity contribution in [1.29, 1.82) is 0 Å². The molecule has 2 amide bonds. The van der Waals surface area contributed by atoms with Gasteiger partial charge in [0, 0.05) is 6.54 Å². The predicted octanol–water partition coefficient (Wildman–Crippen LogP) is 2.14. The molecule has 19 heavy (non-hydrogen) atoms. The standard InChI is InChI=1S/C13H20N2O4/c1-4-13(3,11(16)17)8-14-12(18)15-9(2)10-6-5-7-19-10/h5-7,9H,4,8H2,1-3H3,(H,16,17)(H2,14,15,18). The number of aliphatic carboxylic acids is 1. The Bertz CT molecular complexity index is 430. The molecule has 3 N–H and O–H groups in total. The summed E-state index contributed by atoms with van der Waals surface area (Å²) < 4.78 is 5.16. The first-order valence-corrected chi connectivity index (χ1v) is 6.20. The van der Waals surface area contributed by atoms with E-state index in [1.807, 2.05) is 0 Å². The van der Waals surface area contributed by atoms with E-state index in [0.29, 0.717) is 12.2 Å². The fourth-order valence-electron chi connectivity index (χ4n) is 1.48. The Morgan fingerprint density at radius 1 is 1.53 bits per heavy atom. The maximum Gasteiger partial charge on any atom is 0.315 e. The third kappa shape index (κ3) is 4.01. The second kappa shape index (κ2) is 6.26. The number of nitrogens with one attached hydrogen (secondary N) is 2. The van der Waals surface area contributed by atoms with Crippen molar-refractivity contribution in [2.45, 2.75) is 33.2 Å². The third-order valence-electron chi connectivity index (χ3n) is 3.25. The van der Waals surface area contributed by atoms with Gasteiger partial charge >= 0.3 is 12.0 Å². The minimum absolute atomic E-state index is 0.0789. The van der Waals surface area contributed by atoms with Gasteiger partial charge in [-0.2, -0.15) is 0 Å². The number of carboxylic acid groups (broad SMARTS) is 1. The number of carboxylic acids is 1. The van der Waals surface area contributed by atoms with Crippen molar-refractivity contribution in [3.8, 4) is 0 Å². The highest BCUT2D eigenvalue weighted by Gasteiger charge is 2.31. The highest BCUT2D eigenvalue weighted by molar-refractivity contribution is 5.77. The summed E-state index contributed by atoms with van der Waals surface area (Å²) in [6, 6.07) is 2.82. The van der Waals surface area contributed by atoms with E-state index >= 15 is 0 Å². The third-order valence-corrected chi connectivity index (χ3v) is 3.25. The van der Waals surface area contributed by atoms with Gasteiger partial charge in [-0.3, -0.25) is 4.79 Å². The Hall–Kier alpha value is -1.98. The Labute approximate surface area is 112 Å². The molecule has 0 saturated carbocycles. The SMILES string of the molecule is CCC(C)(CNC(=O)NC(C)c1ccco1)C(=O)O. The maximum atomic E-state index is 11.7. The Kier molecular flexibility index (Phi) is 4.97. The molecule has 0 bridgehead atoms. The summed E-state index contributed by atoms with van der Waals surface area (Å²) in [7, 11) is 0. The lowest BCUT2D eigenvalue weighted by atomic mass is 9.88. The second-order valence-corrected chi connectivity index (χ2v) is 4.78. The largest absolute Gasteiger partial charge is 0.481 e. The van der Waals surface area contributed by atoms with Crippen LogP contribution < -0.4 is 10.6 Å². The van der Waals surface area contributed by atoms with Crippen LogP contribution in [0.5, 0.6) is 0 Å². The maximum absolute atomic E-state index is 11.7. The molecule has 0 aliphatic heterocycles. The lowest BCUT2D eigenvalue weighted by Gasteiger charge is -2.23. The predicted molar refractivity (Wildman–Crippen MR) is 69.7 cm³/mol. The number of furan rings is 1. The van der Waals surface area contributed by atoms with Gasteiger partial charge in [-0.15, -0.1) is 0 Å². The monoisotopic (exact) mass is 268 g/mol. The lowest BCUT2D eigenvalue weighted by Crippen LogP contribution is -2.45. The van der Waals surface area contributed by atoms with E-state index in [-0.39, 0.29) is 12.6 Å². The van der Waals surface area contributed by atoms with Crippen LogP contribution in [0.4, 0.5) is 4.79 Å². The van der Waals surface area contributed by atoms with Crippen molar-refractivity contribution in [2.75, 3.05) is 6.54 Å². The molecule has 0 radical (unpaired) electrons. The van der Waals surface area contributed by atoms with Crippen LogP contribution in [0, 0.1) is 5.41 Å². The van der Waals surface area contributed by atoms with Crippen molar-refractivity contribution in [1.82, 2.24) is 10.6 Å². The molecule has 2 unspecified atom stereocenters. The zero-order valence-corrected chi connectivity index (χ0v) is 11.4. The topological polar surface area (TPSA) is 91.6 Å². The van der Waals surface area contributed by atoms with E-state index in [9.17, 15) is 9.59 Å². The molecule has 0 aromatic carbocycles. The van der Waals surface area contributed by atoms with Gasteiger partial charge in [-0.25, -0.2) is 4.79 Å². The lowest BCUT2D eigenvalue weighted by molar-refractivity contribution is -0.147. The molecule has 6 heteroatoms. The first kappa shape index (κ1) is 15.1.